The quantitative estimate of drug-likeness (QED) is 0.810. The van der Waals surface area contributed by atoms with Crippen LogP contribution in [0.25, 0.3) is 0 Å². The molecule has 1 unspecified atom stereocenters. The predicted molar refractivity (Wildman–Crippen MR) is 86.6 cm³/mol. The summed E-state index contributed by atoms with van der Waals surface area (Å²) < 4.78 is 0. The van der Waals surface area contributed by atoms with Crippen molar-refractivity contribution < 1.29 is 9.90 Å². The molecule has 0 radical (unpaired) electrons. The van der Waals surface area contributed by atoms with Crippen molar-refractivity contribution in [3.63, 3.8) is 0 Å². The molecular formula is C17H23NO2S. The molecule has 0 heterocycles. The zero-order chi connectivity index (χ0) is 14.7. The molecule has 3 rings (SSSR count). The number of carbonyl (C=O) groups is 1. The van der Waals surface area contributed by atoms with E-state index in [0.717, 1.165) is 18.4 Å². The van der Waals surface area contributed by atoms with Gasteiger partial charge in [-0.15, -0.1) is 0 Å². The van der Waals surface area contributed by atoms with E-state index in [1.54, 1.807) is 0 Å². The van der Waals surface area contributed by atoms with Gasteiger partial charge in [0.2, 0.25) is 0 Å². The Bertz CT molecular complexity index is 483. The minimum Gasteiger partial charge on any atom is -0.480 e. The normalized spacial score (nSPS) is 22.1. The smallest absolute Gasteiger partial charge is 0.329 e. The number of hydrogen-bond donors (Lipinski definition) is 2. The summed E-state index contributed by atoms with van der Waals surface area (Å²) >= 11 is 1.84. The van der Waals surface area contributed by atoms with E-state index in [-0.39, 0.29) is 0 Å². The highest BCUT2D eigenvalue weighted by atomic mass is 32.2. The molecule has 114 valence electrons. The Morgan fingerprint density at radius 1 is 1.19 bits per heavy atom. The minimum absolute atomic E-state index is 0.366. The van der Waals surface area contributed by atoms with E-state index >= 15 is 0 Å². The van der Waals surface area contributed by atoms with Crippen LogP contribution in [0.15, 0.2) is 30.3 Å². The number of nitrogens with one attached hydrogen (secondary N) is 1. The van der Waals surface area contributed by atoms with Crippen molar-refractivity contribution in [3.05, 3.63) is 35.9 Å². The van der Waals surface area contributed by atoms with Gasteiger partial charge in [-0.05, 0) is 31.2 Å². The number of carboxylic acid groups (broad SMARTS) is 1. The summed E-state index contributed by atoms with van der Waals surface area (Å²) in [6, 6.07) is 10.1. The van der Waals surface area contributed by atoms with Gasteiger partial charge in [0, 0.05) is 17.0 Å². The Labute approximate surface area is 130 Å². The largest absolute Gasteiger partial charge is 0.480 e. The lowest BCUT2D eigenvalue weighted by atomic mass is 9.91. The summed E-state index contributed by atoms with van der Waals surface area (Å²) in [5.41, 5.74) is -0.0507. The molecule has 0 bridgehead atoms. The number of carboxylic acids is 1. The van der Waals surface area contributed by atoms with Crippen molar-refractivity contribution in [1.29, 1.82) is 0 Å². The second kappa shape index (κ2) is 6.41. The van der Waals surface area contributed by atoms with Gasteiger partial charge in [-0.1, -0.05) is 43.2 Å². The van der Waals surface area contributed by atoms with Crippen LogP contribution in [0.2, 0.25) is 0 Å². The Morgan fingerprint density at radius 3 is 2.43 bits per heavy atom. The summed E-state index contributed by atoms with van der Waals surface area (Å²) in [7, 11) is 0. The molecule has 4 heteroatoms. The standard InChI is InChI=1S/C17H23NO2S/c19-16(20)17(18-14-10-11-14,13-6-2-1-3-7-13)12-21-15-8-4-5-9-15/h1-3,6-7,14-15,18H,4-5,8-12H2,(H,19,20). The molecule has 21 heavy (non-hydrogen) atoms. The van der Waals surface area contributed by atoms with Gasteiger partial charge < -0.3 is 5.11 Å². The third kappa shape index (κ3) is 3.43. The first-order valence-corrected chi connectivity index (χ1v) is 8.94. The molecule has 0 spiro atoms. The number of aliphatic carboxylic acids is 1. The number of hydrogen-bond acceptors (Lipinski definition) is 3. The first-order chi connectivity index (χ1) is 10.2. The van der Waals surface area contributed by atoms with E-state index < -0.39 is 11.5 Å². The number of thioether (sulfide) groups is 1. The van der Waals surface area contributed by atoms with Crippen LogP contribution in [0.3, 0.4) is 0 Å². The molecule has 2 N–H and O–H groups in total. The van der Waals surface area contributed by atoms with Gasteiger partial charge >= 0.3 is 5.97 Å². The SMILES string of the molecule is O=C(O)C(CSC1CCCC1)(NC1CC1)c1ccccc1. The second-order valence-corrected chi connectivity index (χ2v) is 7.50. The van der Waals surface area contributed by atoms with Crippen LogP contribution in [0.4, 0.5) is 0 Å². The fourth-order valence-electron chi connectivity index (χ4n) is 3.05. The average Bonchev–Trinajstić information content (AvgIpc) is 3.16. The lowest BCUT2D eigenvalue weighted by Crippen LogP contribution is -2.52. The van der Waals surface area contributed by atoms with Crippen LogP contribution in [-0.4, -0.2) is 28.1 Å². The molecule has 3 nitrogen and oxygen atoms in total. The molecular weight excluding hydrogens is 282 g/mol. The van der Waals surface area contributed by atoms with E-state index in [4.69, 9.17) is 0 Å². The Kier molecular flexibility index (Phi) is 4.55. The molecule has 1 aromatic carbocycles. The lowest BCUT2D eigenvalue weighted by Gasteiger charge is -2.32. The number of benzene rings is 1. The molecule has 2 fully saturated rings. The van der Waals surface area contributed by atoms with Crippen molar-refractivity contribution in [3.8, 4) is 0 Å². The highest BCUT2D eigenvalue weighted by Gasteiger charge is 2.44. The van der Waals surface area contributed by atoms with Gasteiger partial charge in [0.15, 0.2) is 5.54 Å². The van der Waals surface area contributed by atoms with E-state index in [2.05, 4.69) is 5.32 Å². The second-order valence-electron chi connectivity index (χ2n) is 6.21. The lowest BCUT2D eigenvalue weighted by molar-refractivity contribution is -0.144. The van der Waals surface area contributed by atoms with E-state index in [9.17, 15) is 9.90 Å². The average molecular weight is 305 g/mol. The van der Waals surface area contributed by atoms with Crippen LogP contribution >= 0.6 is 11.8 Å². The maximum absolute atomic E-state index is 12.1. The van der Waals surface area contributed by atoms with E-state index in [1.807, 2.05) is 42.1 Å². The molecule has 0 saturated heterocycles. The highest BCUT2D eigenvalue weighted by Crippen LogP contribution is 2.37. The summed E-state index contributed by atoms with van der Waals surface area (Å²) in [6.07, 6.45) is 7.24. The van der Waals surface area contributed by atoms with E-state index in [0.29, 0.717) is 17.0 Å². The summed E-state index contributed by atoms with van der Waals surface area (Å²) in [6.45, 7) is 0. The summed E-state index contributed by atoms with van der Waals surface area (Å²) in [4.78, 5) is 12.1. The fraction of sp³-hybridized carbons (Fsp3) is 0.588. The van der Waals surface area contributed by atoms with Crippen LogP contribution in [0, 0.1) is 0 Å². The first kappa shape index (κ1) is 14.9. The molecule has 1 aromatic rings. The fourth-order valence-corrected chi connectivity index (χ4v) is 4.58. The monoisotopic (exact) mass is 305 g/mol. The molecule has 0 amide bonds. The predicted octanol–water partition coefficient (Wildman–Crippen LogP) is 3.39. The maximum atomic E-state index is 12.1. The van der Waals surface area contributed by atoms with Crippen molar-refractivity contribution in [2.24, 2.45) is 0 Å². The van der Waals surface area contributed by atoms with Crippen molar-refractivity contribution in [1.82, 2.24) is 5.32 Å². The summed E-state index contributed by atoms with van der Waals surface area (Å²) in [5, 5.41) is 14.0. The first-order valence-electron chi connectivity index (χ1n) is 7.89. The van der Waals surface area contributed by atoms with Gasteiger partial charge in [0.05, 0.1) is 0 Å². The topological polar surface area (TPSA) is 49.3 Å². The van der Waals surface area contributed by atoms with Gasteiger partial charge in [-0.2, -0.15) is 11.8 Å². The Hall–Kier alpha value is -1.00. The Balaban J connectivity index is 1.82. The van der Waals surface area contributed by atoms with Crippen LogP contribution in [-0.2, 0) is 10.3 Å². The van der Waals surface area contributed by atoms with E-state index in [1.165, 1.54) is 25.7 Å². The maximum Gasteiger partial charge on any atom is 0.329 e. The van der Waals surface area contributed by atoms with Gasteiger partial charge in [-0.3, -0.25) is 5.32 Å². The van der Waals surface area contributed by atoms with Crippen molar-refractivity contribution >= 4 is 17.7 Å². The minimum atomic E-state index is -0.935. The zero-order valence-electron chi connectivity index (χ0n) is 12.3. The third-order valence-corrected chi connectivity index (χ3v) is 6.04. The summed E-state index contributed by atoms with van der Waals surface area (Å²) in [5.74, 6) is -0.126. The Morgan fingerprint density at radius 2 is 1.86 bits per heavy atom. The molecule has 2 aliphatic rings. The van der Waals surface area contributed by atoms with Gasteiger partial charge in [0.25, 0.3) is 0 Å². The van der Waals surface area contributed by atoms with Gasteiger partial charge in [-0.25, -0.2) is 4.79 Å². The van der Waals surface area contributed by atoms with Crippen LogP contribution in [0.5, 0.6) is 0 Å². The van der Waals surface area contributed by atoms with Crippen LogP contribution < -0.4 is 5.32 Å². The third-order valence-electron chi connectivity index (χ3n) is 4.50. The zero-order valence-corrected chi connectivity index (χ0v) is 13.1. The highest BCUT2D eigenvalue weighted by molar-refractivity contribution is 8.00. The van der Waals surface area contributed by atoms with Crippen molar-refractivity contribution in [2.45, 2.75) is 55.4 Å². The number of rotatable bonds is 7. The molecule has 1 atom stereocenters. The van der Waals surface area contributed by atoms with Gasteiger partial charge in [0.1, 0.15) is 0 Å². The molecule has 0 aliphatic heterocycles. The molecule has 2 aliphatic carbocycles. The molecule has 2 saturated carbocycles. The van der Waals surface area contributed by atoms with Crippen molar-refractivity contribution in [2.75, 3.05) is 5.75 Å². The molecule has 0 aromatic heterocycles. The van der Waals surface area contributed by atoms with Crippen LogP contribution in [0.1, 0.15) is 44.1 Å².